The maximum Gasteiger partial charge on any atom is 0.414 e. The lowest BCUT2D eigenvalue weighted by atomic mass is 9.80. The highest BCUT2D eigenvalue weighted by atomic mass is 128. The molecule has 6 rings (SSSR count). The van der Waals surface area contributed by atoms with Crippen LogP contribution >= 0.6 is 37.2 Å². The van der Waals surface area contributed by atoms with Crippen LogP contribution < -0.4 is 20.4 Å². The molecule has 0 unspecified atom stereocenters. The van der Waals surface area contributed by atoms with E-state index >= 15 is 0 Å². The van der Waals surface area contributed by atoms with Gasteiger partial charge < -0.3 is 20.1 Å². The van der Waals surface area contributed by atoms with Crippen LogP contribution in [0.1, 0.15) is 104 Å². The summed E-state index contributed by atoms with van der Waals surface area (Å²) < 4.78 is 22.4. The number of nitrogens with one attached hydrogen (secondary N) is 2. The summed E-state index contributed by atoms with van der Waals surface area (Å²) in [6, 6.07) is 8.30. The second-order valence-electron chi connectivity index (χ2n) is 14.6. The molecule has 2 aromatic carbocycles. The van der Waals surface area contributed by atoms with Crippen LogP contribution in [0.15, 0.2) is 24.3 Å². The molecule has 0 spiro atoms. The van der Waals surface area contributed by atoms with Gasteiger partial charge in [0.05, 0.1) is 26.2 Å². The van der Waals surface area contributed by atoms with Gasteiger partial charge in [0.15, 0.2) is 0 Å². The molecule has 4 fully saturated rings. The highest BCUT2D eigenvalue weighted by Crippen LogP contribution is 2.39. The number of carbonyl (C=O) groups excluding carboxylic acids is 4. The molecule has 4 aliphatic rings. The van der Waals surface area contributed by atoms with Crippen LogP contribution in [0.2, 0.25) is 0 Å². The number of halogens is 2. The lowest BCUT2D eigenvalue weighted by Gasteiger charge is -2.26. The van der Waals surface area contributed by atoms with Crippen molar-refractivity contribution >= 4 is 83.4 Å². The fourth-order valence-corrected chi connectivity index (χ4v) is 9.47. The smallest absolute Gasteiger partial charge is 0.414 e. The highest BCUT2D eigenvalue weighted by Gasteiger charge is 2.34. The van der Waals surface area contributed by atoms with Crippen molar-refractivity contribution in [2.45, 2.75) is 111 Å². The monoisotopic (exact) mass is 976 g/mol. The zero-order valence-corrected chi connectivity index (χ0v) is 36.9. The molecule has 0 aromatic heterocycles. The van der Waals surface area contributed by atoms with Crippen molar-refractivity contribution in [3.05, 3.63) is 57.6 Å². The summed E-state index contributed by atoms with van der Waals surface area (Å²) in [6.07, 6.45) is 7.09. The number of anilines is 2. The van der Waals surface area contributed by atoms with E-state index in [2.05, 4.69) is 87.7 Å². The maximum atomic E-state index is 12.2. The van der Waals surface area contributed by atoms with Gasteiger partial charge in [-0.1, -0.05) is 19.3 Å². The van der Waals surface area contributed by atoms with Gasteiger partial charge in [-0.25, -0.2) is 9.59 Å². The van der Waals surface area contributed by atoms with E-state index in [4.69, 9.17) is 9.47 Å². The first-order chi connectivity index (χ1) is 25.3. The standard InChI is InChI=1S/C20H28N2O3.C19H26N2O4S.I2/c1-13-9-17(10-14(2)19(13)16-7-5-4-6-8-16)22-12-18(25-20(22)24)11-21-15(3)23;1-12-8-16(21-11-17(25-19(21)23)10-20-14(3)22)9-13(2)18(12)15-4-6-26(24)7-5-15;1-2/h9-10,16,18H,4-8,11-12H2,1-3H3,(H,21,23);8-9,15,17H,4-7,10-11H2,1-3H3,(H,20,22);/t18-;15?,17-,26?;/m00./s1. The second kappa shape index (κ2) is 20.4. The van der Waals surface area contributed by atoms with Gasteiger partial charge in [0, 0.05) is 84.8 Å². The van der Waals surface area contributed by atoms with Gasteiger partial charge in [0.2, 0.25) is 11.8 Å². The van der Waals surface area contributed by atoms with Crippen molar-refractivity contribution < 1.29 is 32.9 Å². The molecule has 3 saturated heterocycles. The Labute approximate surface area is 340 Å². The Hall–Kier alpha value is -2.47. The van der Waals surface area contributed by atoms with Gasteiger partial charge in [-0.15, -0.1) is 0 Å². The third kappa shape index (κ3) is 11.8. The molecule has 2 atom stereocenters. The van der Waals surface area contributed by atoms with Gasteiger partial charge in [-0.2, -0.15) is 0 Å². The largest absolute Gasteiger partial charge is 0.442 e. The Morgan fingerprint density at radius 3 is 1.40 bits per heavy atom. The zero-order valence-electron chi connectivity index (χ0n) is 31.7. The predicted octanol–water partition coefficient (Wildman–Crippen LogP) is 7.97. The Morgan fingerprint density at radius 2 is 1.04 bits per heavy atom. The van der Waals surface area contributed by atoms with Crippen molar-refractivity contribution in [3.63, 3.8) is 0 Å². The summed E-state index contributed by atoms with van der Waals surface area (Å²) in [5.74, 6) is 2.39. The molecule has 4 amide bonds. The van der Waals surface area contributed by atoms with Gasteiger partial charge in [-0.05, 0) is 123 Å². The average molecular weight is 977 g/mol. The van der Waals surface area contributed by atoms with Gasteiger partial charge in [0.25, 0.3) is 0 Å². The Morgan fingerprint density at radius 1 is 0.679 bits per heavy atom. The van der Waals surface area contributed by atoms with E-state index in [1.165, 1.54) is 68.2 Å². The molecular weight excluding hydrogens is 922 g/mol. The minimum atomic E-state index is -0.668. The Bertz CT molecular complexity index is 1610. The summed E-state index contributed by atoms with van der Waals surface area (Å²) in [5.41, 5.74) is 9.37. The number of nitrogens with zero attached hydrogens (tertiary/aromatic N) is 2. The molecule has 292 valence electrons. The first-order valence-corrected chi connectivity index (χ1v) is 26.2. The molecule has 0 radical (unpaired) electrons. The molecule has 2 N–H and O–H groups in total. The zero-order chi connectivity index (χ0) is 38.8. The predicted molar refractivity (Wildman–Crippen MR) is 228 cm³/mol. The number of carbonyl (C=O) groups is 4. The Kier molecular flexibility index (Phi) is 16.7. The summed E-state index contributed by atoms with van der Waals surface area (Å²) in [7, 11) is -0.668. The van der Waals surface area contributed by atoms with E-state index in [0.29, 0.717) is 38.0 Å². The molecule has 11 nitrogen and oxygen atoms in total. The van der Waals surface area contributed by atoms with Crippen LogP contribution in [0.5, 0.6) is 0 Å². The van der Waals surface area contributed by atoms with E-state index in [1.54, 1.807) is 9.80 Å². The average Bonchev–Trinajstić information content (AvgIpc) is 3.69. The van der Waals surface area contributed by atoms with Crippen LogP contribution in [0, 0.1) is 27.7 Å². The molecule has 14 heteroatoms. The summed E-state index contributed by atoms with van der Waals surface area (Å²) >= 11 is 4.24. The minimum Gasteiger partial charge on any atom is -0.442 e. The lowest BCUT2D eigenvalue weighted by Crippen LogP contribution is -2.33. The van der Waals surface area contributed by atoms with E-state index in [-0.39, 0.29) is 36.2 Å². The maximum absolute atomic E-state index is 12.2. The second-order valence-corrected chi connectivity index (χ2v) is 16.2. The van der Waals surface area contributed by atoms with Crippen molar-refractivity contribution in [3.8, 4) is 0 Å². The quantitative estimate of drug-likeness (QED) is 0.257. The highest BCUT2D eigenvalue weighted by molar-refractivity contribution is 15.0. The van der Waals surface area contributed by atoms with Crippen molar-refractivity contribution in [1.29, 1.82) is 0 Å². The van der Waals surface area contributed by atoms with Crippen molar-refractivity contribution in [1.82, 2.24) is 10.6 Å². The number of aryl methyl sites for hydroxylation is 4. The minimum absolute atomic E-state index is 0.113. The van der Waals surface area contributed by atoms with Crippen LogP contribution in [-0.2, 0) is 29.9 Å². The number of ether oxygens (including phenoxy) is 2. The Balaban J connectivity index is 0.000000226. The summed E-state index contributed by atoms with van der Waals surface area (Å²) in [6.45, 7) is 12.9. The first kappa shape index (κ1) is 43.3. The number of amides is 4. The fourth-order valence-electron chi connectivity index (χ4n) is 8.17. The van der Waals surface area contributed by atoms with Crippen molar-refractivity contribution in [2.75, 3.05) is 47.5 Å². The SMILES string of the molecule is CC(=O)NC[C@H]1CN(c2cc(C)c(C3CCCCC3)c(C)c2)C(=O)O1.CC(=O)NC[C@H]1CN(c2cc(C)c(C3CCS(=O)CC3)c(C)c2)C(=O)O1.II. The number of rotatable bonds is 8. The molecular formula is C39H54I2N4O7S. The van der Waals surface area contributed by atoms with Crippen molar-refractivity contribution in [2.24, 2.45) is 0 Å². The van der Waals surface area contributed by atoms with Crippen LogP contribution in [-0.4, -0.2) is 78.1 Å². The van der Waals surface area contributed by atoms with Gasteiger partial charge in [-0.3, -0.25) is 23.6 Å². The van der Waals surface area contributed by atoms with E-state index in [9.17, 15) is 23.4 Å². The third-order valence-corrected chi connectivity index (χ3v) is 11.9. The molecule has 0 bridgehead atoms. The topological polar surface area (TPSA) is 134 Å². The van der Waals surface area contributed by atoms with E-state index in [0.717, 1.165) is 46.8 Å². The fraction of sp³-hybridized carbons (Fsp3) is 0.590. The van der Waals surface area contributed by atoms with Gasteiger partial charge >= 0.3 is 12.2 Å². The number of benzene rings is 2. The molecule has 1 saturated carbocycles. The molecule has 3 aliphatic heterocycles. The summed E-state index contributed by atoms with van der Waals surface area (Å²) in [5, 5.41) is 5.40. The lowest BCUT2D eigenvalue weighted by molar-refractivity contribution is -0.120. The molecule has 53 heavy (non-hydrogen) atoms. The third-order valence-electron chi connectivity index (χ3n) is 10.5. The van der Waals surface area contributed by atoms with Crippen LogP contribution in [0.4, 0.5) is 21.0 Å². The number of hydrogen-bond acceptors (Lipinski definition) is 7. The normalized spacial score (nSPS) is 22.9. The first-order valence-electron chi connectivity index (χ1n) is 18.5. The number of cyclic esters (lactones) is 2. The van der Waals surface area contributed by atoms with E-state index < -0.39 is 10.8 Å². The molecule has 2 aromatic rings. The van der Waals surface area contributed by atoms with E-state index in [1.807, 2.05) is 12.1 Å². The summed E-state index contributed by atoms with van der Waals surface area (Å²) in [4.78, 5) is 49.9. The van der Waals surface area contributed by atoms with Gasteiger partial charge in [0.1, 0.15) is 12.2 Å². The van der Waals surface area contributed by atoms with Crippen LogP contribution in [0.25, 0.3) is 0 Å². The molecule has 3 heterocycles. The number of hydrogen-bond donors (Lipinski definition) is 2. The molecule has 1 aliphatic carbocycles. The van der Waals surface area contributed by atoms with Crippen LogP contribution in [0.3, 0.4) is 0 Å².